The summed E-state index contributed by atoms with van der Waals surface area (Å²) in [5.74, 6) is 1.33. The average Bonchev–Trinajstić information content (AvgIpc) is 2.78. The van der Waals surface area contributed by atoms with Gasteiger partial charge in [0.25, 0.3) is 0 Å². The van der Waals surface area contributed by atoms with Gasteiger partial charge >= 0.3 is 0 Å². The Hall–Kier alpha value is -1.27. The van der Waals surface area contributed by atoms with E-state index in [0.29, 0.717) is 24.7 Å². The van der Waals surface area contributed by atoms with Crippen LogP contribution in [0.3, 0.4) is 0 Å². The molecule has 0 atom stereocenters. The number of aryl methyl sites for hydroxylation is 1. The van der Waals surface area contributed by atoms with Crippen molar-refractivity contribution in [1.82, 2.24) is 9.55 Å². The summed E-state index contributed by atoms with van der Waals surface area (Å²) in [6.45, 7) is 3.04. The van der Waals surface area contributed by atoms with Crippen molar-refractivity contribution in [2.75, 3.05) is 31.1 Å². The highest BCUT2D eigenvalue weighted by Crippen LogP contribution is 2.33. The highest BCUT2D eigenvalue weighted by atomic mass is 32.3. The highest BCUT2D eigenvalue weighted by Gasteiger charge is 2.11. The van der Waals surface area contributed by atoms with Crippen molar-refractivity contribution in [1.29, 1.82) is 0 Å². The van der Waals surface area contributed by atoms with Crippen LogP contribution in [-0.4, -0.2) is 48.5 Å². The lowest BCUT2D eigenvalue weighted by molar-refractivity contribution is 0.0907. The van der Waals surface area contributed by atoms with Crippen molar-refractivity contribution < 1.29 is 9.13 Å². The summed E-state index contributed by atoms with van der Waals surface area (Å²) in [6.07, 6.45) is 8.70. The van der Waals surface area contributed by atoms with E-state index in [1.54, 1.807) is 12.1 Å². The Bertz CT molecular complexity index is 652. The Morgan fingerprint density at radius 3 is 2.68 bits per heavy atom. The van der Waals surface area contributed by atoms with Crippen molar-refractivity contribution >= 4 is 23.3 Å². The molecular formula is C16H22BFN2OS. The van der Waals surface area contributed by atoms with Gasteiger partial charge in [0.1, 0.15) is 26.2 Å². The maximum atomic E-state index is 13.7. The molecule has 0 aliphatic carbocycles. The second kappa shape index (κ2) is 6.88. The summed E-state index contributed by atoms with van der Waals surface area (Å²) in [5, 5.41) is 0. The Morgan fingerprint density at radius 2 is 2.05 bits per heavy atom. The molecule has 0 N–H and O–H groups in total. The van der Waals surface area contributed by atoms with Gasteiger partial charge in [0.05, 0.1) is 12.3 Å². The zero-order valence-electron chi connectivity index (χ0n) is 13.6. The van der Waals surface area contributed by atoms with Crippen LogP contribution < -0.4 is 5.46 Å². The van der Waals surface area contributed by atoms with Crippen molar-refractivity contribution in [3.8, 4) is 11.4 Å². The summed E-state index contributed by atoms with van der Waals surface area (Å²) >= 11 is 0. The zero-order chi connectivity index (χ0) is 16.3. The second-order valence-corrected chi connectivity index (χ2v) is 10.8. The normalized spacial score (nSPS) is 12.6. The molecule has 0 bridgehead atoms. The van der Waals surface area contributed by atoms with Crippen LogP contribution in [0.25, 0.3) is 11.4 Å². The third-order valence-corrected chi connectivity index (χ3v) is 4.62. The molecule has 2 aromatic rings. The van der Waals surface area contributed by atoms with Gasteiger partial charge in [-0.3, -0.25) is 0 Å². The predicted octanol–water partition coefficient (Wildman–Crippen LogP) is 2.46. The minimum Gasteiger partial charge on any atom is -0.360 e. The van der Waals surface area contributed by atoms with E-state index < -0.39 is 15.8 Å². The van der Waals surface area contributed by atoms with Crippen molar-refractivity contribution in [2.24, 2.45) is 0 Å². The molecule has 0 saturated heterocycles. The Morgan fingerprint density at radius 1 is 1.32 bits per heavy atom. The van der Waals surface area contributed by atoms with Crippen LogP contribution in [0.5, 0.6) is 0 Å². The van der Waals surface area contributed by atoms with Crippen LogP contribution in [0.1, 0.15) is 5.69 Å². The number of benzene rings is 1. The van der Waals surface area contributed by atoms with Crippen molar-refractivity contribution in [3.63, 3.8) is 0 Å². The molecule has 1 heterocycles. The molecule has 2 rings (SSSR count). The van der Waals surface area contributed by atoms with Crippen LogP contribution in [0.4, 0.5) is 4.39 Å². The molecule has 0 unspecified atom stereocenters. The lowest BCUT2D eigenvalue weighted by atomic mass is 9.94. The van der Waals surface area contributed by atoms with Gasteiger partial charge in [-0.2, -0.15) is 0 Å². The number of hydrogen-bond acceptors (Lipinski definition) is 2. The maximum Gasteiger partial charge on any atom is 0.142 e. The average molecular weight is 320 g/mol. The lowest BCUT2D eigenvalue weighted by Gasteiger charge is -2.24. The van der Waals surface area contributed by atoms with E-state index in [0.717, 1.165) is 11.4 Å². The number of halogens is 1. The standard InChI is InChI=1S/C16H22BFN2OS/c1-12-10-20(11-21-7-8-22(2,3)4)16(19-12)13-5-6-14(17)15(18)9-13/h5-6,9-10H,7-8,11H2,1-4H3. The SMILES string of the molecule is [B]c1ccc(-c2nc(C)cn2COCCS(C)(C)C)cc1F. The van der Waals surface area contributed by atoms with E-state index in [-0.39, 0.29) is 5.46 Å². The van der Waals surface area contributed by atoms with Gasteiger partial charge in [0, 0.05) is 17.5 Å². The lowest BCUT2D eigenvalue weighted by Crippen LogP contribution is -2.11. The van der Waals surface area contributed by atoms with Gasteiger partial charge in [0.2, 0.25) is 0 Å². The van der Waals surface area contributed by atoms with Gasteiger partial charge in [-0.25, -0.2) is 19.4 Å². The van der Waals surface area contributed by atoms with Gasteiger partial charge in [-0.05, 0) is 31.8 Å². The highest BCUT2D eigenvalue weighted by molar-refractivity contribution is 8.32. The number of ether oxygens (including phenoxy) is 1. The molecular weight excluding hydrogens is 298 g/mol. The largest absolute Gasteiger partial charge is 0.360 e. The monoisotopic (exact) mass is 320 g/mol. The molecule has 3 nitrogen and oxygen atoms in total. The summed E-state index contributed by atoms with van der Waals surface area (Å²) in [5.41, 5.74) is 1.71. The molecule has 0 saturated carbocycles. The summed E-state index contributed by atoms with van der Waals surface area (Å²) in [4.78, 5) is 4.46. The number of hydrogen-bond donors (Lipinski definition) is 0. The van der Waals surface area contributed by atoms with Crippen LogP contribution in [0.15, 0.2) is 24.4 Å². The van der Waals surface area contributed by atoms with Gasteiger partial charge in [-0.1, -0.05) is 17.6 Å². The Balaban J connectivity index is 2.11. The van der Waals surface area contributed by atoms with Gasteiger partial charge in [0.15, 0.2) is 0 Å². The minimum absolute atomic E-state index is 0.142. The fourth-order valence-corrected chi connectivity index (χ4v) is 2.63. The van der Waals surface area contributed by atoms with Gasteiger partial charge in [-0.15, -0.1) is 0 Å². The topological polar surface area (TPSA) is 27.1 Å². The van der Waals surface area contributed by atoms with Crippen LogP contribution in [0.2, 0.25) is 0 Å². The summed E-state index contributed by atoms with van der Waals surface area (Å²) in [6, 6.07) is 4.74. The van der Waals surface area contributed by atoms with E-state index in [1.165, 1.54) is 6.07 Å². The third-order valence-electron chi connectivity index (χ3n) is 3.23. The molecule has 0 aliphatic rings. The zero-order valence-corrected chi connectivity index (χ0v) is 14.4. The first-order valence-electron chi connectivity index (χ1n) is 7.09. The molecule has 1 aromatic carbocycles. The molecule has 2 radical (unpaired) electrons. The molecule has 0 aliphatic heterocycles. The van der Waals surface area contributed by atoms with E-state index in [9.17, 15) is 4.39 Å². The number of imidazole rings is 1. The van der Waals surface area contributed by atoms with E-state index in [2.05, 4.69) is 23.8 Å². The van der Waals surface area contributed by atoms with Crippen molar-refractivity contribution in [3.05, 3.63) is 35.9 Å². The minimum atomic E-state index is -0.559. The number of aromatic nitrogens is 2. The molecule has 118 valence electrons. The molecule has 6 heteroatoms. The van der Waals surface area contributed by atoms with Crippen LogP contribution in [-0.2, 0) is 11.5 Å². The fourth-order valence-electron chi connectivity index (χ4n) is 2.01. The Kier molecular flexibility index (Phi) is 5.34. The first kappa shape index (κ1) is 17.1. The molecule has 22 heavy (non-hydrogen) atoms. The summed E-state index contributed by atoms with van der Waals surface area (Å²) < 4.78 is 21.3. The quantitative estimate of drug-likeness (QED) is 0.604. The maximum absolute atomic E-state index is 13.7. The Labute approximate surface area is 134 Å². The fraction of sp³-hybridized carbons (Fsp3) is 0.438. The van der Waals surface area contributed by atoms with E-state index >= 15 is 0 Å². The molecule has 0 spiro atoms. The van der Waals surface area contributed by atoms with E-state index in [1.807, 2.05) is 17.7 Å². The first-order chi connectivity index (χ1) is 10.3. The molecule has 1 aromatic heterocycles. The van der Waals surface area contributed by atoms with Crippen LogP contribution in [0, 0.1) is 12.7 Å². The first-order valence-corrected chi connectivity index (χ1v) is 10.1. The van der Waals surface area contributed by atoms with E-state index in [4.69, 9.17) is 12.6 Å². The predicted molar refractivity (Wildman–Crippen MR) is 93.9 cm³/mol. The number of rotatable bonds is 6. The van der Waals surface area contributed by atoms with Gasteiger partial charge < -0.3 is 9.30 Å². The molecule has 0 fully saturated rings. The second-order valence-electron chi connectivity index (χ2n) is 6.24. The summed E-state index contributed by atoms with van der Waals surface area (Å²) in [7, 11) is 4.97. The smallest absolute Gasteiger partial charge is 0.142 e. The van der Waals surface area contributed by atoms with Crippen LogP contribution >= 0.6 is 10.0 Å². The molecule has 0 amide bonds. The van der Waals surface area contributed by atoms with Crippen molar-refractivity contribution in [2.45, 2.75) is 13.7 Å². The third kappa shape index (κ3) is 4.61. The number of nitrogens with zero attached hydrogens (tertiary/aromatic N) is 2.